The van der Waals surface area contributed by atoms with Gasteiger partial charge in [0.15, 0.2) is 5.16 Å². The van der Waals surface area contributed by atoms with Gasteiger partial charge in [0.25, 0.3) is 5.91 Å². The number of benzene rings is 1. The smallest absolute Gasteiger partial charge is 0.341 e. The number of thiophene rings is 1. The second-order valence-electron chi connectivity index (χ2n) is 8.01. The first-order valence-electron chi connectivity index (χ1n) is 11.8. The average molecular weight is 613 g/mol. The van der Waals surface area contributed by atoms with E-state index in [0.717, 1.165) is 11.3 Å². The second-order valence-corrected chi connectivity index (χ2v) is 10.8. The third-order valence-electron chi connectivity index (χ3n) is 5.24. The Balaban J connectivity index is 1.62. The number of anilines is 1. The summed E-state index contributed by atoms with van der Waals surface area (Å²) in [6.45, 7) is 8.05. The van der Waals surface area contributed by atoms with Crippen LogP contribution in [-0.2, 0) is 22.5 Å². The molecule has 0 radical (unpaired) electrons. The van der Waals surface area contributed by atoms with Crippen LogP contribution in [0.2, 0.25) is 10.0 Å². The number of aromatic nitrogens is 3. The van der Waals surface area contributed by atoms with Gasteiger partial charge in [-0.3, -0.25) is 9.59 Å². The number of esters is 1. The SMILES string of the molecule is C=CCn1c(CCCOc2ccc(Cl)cc2Cl)nnc1SCC(=O)Nc1sc(C(N)=O)c(C)c1C(=O)OCC. The van der Waals surface area contributed by atoms with Crippen LogP contribution in [0.5, 0.6) is 5.75 Å². The fourth-order valence-corrected chi connectivity index (χ4v) is 5.80. The number of amides is 2. The van der Waals surface area contributed by atoms with Crippen molar-refractivity contribution >= 4 is 69.1 Å². The molecule has 2 aromatic heterocycles. The molecule has 0 saturated carbocycles. The van der Waals surface area contributed by atoms with E-state index in [9.17, 15) is 14.4 Å². The molecule has 0 aliphatic carbocycles. The Morgan fingerprint density at radius 1 is 1.28 bits per heavy atom. The van der Waals surface area contributed by atoms with Gasteiger partial charge in [0, 0.05) is 18.0 Å². The van der Waals surface area contributed by atoms with Crippen molar-refractivity contribution in [2.45, 2.75) is 38.4 Å². The van der Waals surface area contributed by atoms with Crippen molar-refractivity contribution in [3.05, 3.63) is 62.7 Å². The number of primary amides is 1. The first-order valence-corrected chi connectivity index (χ1v) is 14.4. The lowest BCUT2D eigenvalue weighted by atomic mass is 10.1. The monoisotopic (exact) mass is 611 g/mol. The Morgan fingerprint density at radius 2 is 2.05 bits per heavy atom. The van der Waals surface area contributed by atoms with Gasteiger partial charge in [-0.05, 0) is 44.0 Å². The van der Waals surface area contributed by atoms with Crippen LogP contribution in [-0.4, -0.2) is 51.5 Å². The van der Waals surface area contributed by atoms with E-state index in [1.54, 1.807) is 38.1 Å². The van der Waals surface area contributed by atoms with E-state index in [1.807, 2.05) is 4.57 Å². The summed E-state index contributed by atoms with van der Waals surface area (Å²) in [7, 11) is 0. The maximum absolute atomic E-state index is 12.8. The lowest BCUT2D eigenvalue weighted by molar-refractivity contribution is -0.113. The summed E-state index contributed by atoms with van der Waals surface area (Å²) in [6.07, 6.45) is 2.94. The molecule has 10 nitrogen and oxygen atoms in total. The number of nitrogens with zero attached hydrogens (tertiary/aromatic N) is 3. The van der Waals surface area contributed by atoms with Crippen molar-refractivity contribution in [1.29, 1.82) is 0 Å². The molecule has 39 heavy (non-hydrogen) atoms. The molecule has 0 unspecified atom stereocenters. The highest BCUT2D eigenvalue weighted by Crippen LogP contribution is 2.34. The van der Waals surface area contributed by atoms with E-state index in [2.05, 4.69) is 22.1 Å². The van der Waals surface area contributed by atoms with Gasteiger partial charge in [0.05, 0.1) is 34.4 Å². The zero-order chi connectivity index (χ0) is 28.5. The number of carbonyl (C=O) groups is 3. The van der Waals surface area contributed by atoms with Crippen molar-refractivity contribution in [1.82, 2.24) is 14.8 Å². The minimum atomic E-state index is -0.690. The highest BCUT2D eigenvalue weighted by atomic mass is 35.5. The first-order chi connectivity index (χ1) is 18.7. The molecule has 0 spiro atoms. The zero-order valence-electron chi connectivity index (χ0n) is 21.3. The molecule has 3 aromatic rings. The van der Waals surface area contributed by atoms with E-state index in [0.29, 0.717) is 58.3 Å². The predicted octanol–water partition coefficient (Wildman–Crippen LogP) is 5.16. The molecule has 0 bridgehead atoms. The number of aryl methyl sites for hydroxylation is 1. The lowest BCUT2D eigenvalue weighted by Gasteiger charge is -2.10. The van der Waals surface area contributed by atoms with Gasteiger partial charge in [-0.15, -0.1) is 28.1 Å². The van der Waals surface area contributed by atoms with Gasteiger partial charge in [-0.1, -0.05) is 41.0 Å². The van der Waals surface area contributed by atoms with Crippen molar-refractivity contribution in [2.24, 2.45) is 5.73 Å². The number of ether oxygens (including phenoxy) is 2. The Kier molecular flexibility index (Phi) is 11.2. The topological polar surface area (TPSA) is 138 Å². The average Bonchev–Trinajstić information content (AvgIpc) is 3.42. The van der Waals surface area contributed by atoms with Gasteiger partial charge < -0.3 is 25.1 Å². The maximum Gasteiger partial charge on any atom is 0.341 e. The third kappa shape index (κ3) is 7.98. The molecule has 0 aliphatic rings. The molecule has 14 heteroatoms. The quantitative estimate of drug-likeness (QED) is 0.110. The second kappa shape index (κ2) is 14.4. The summed E-state index contributed by atoms with van der Waals surface area (Å²) in [4.78, 5) is 37.2. The van der Waals surface area contributed by atoms with Crippen molar-refractivity contribution < 1.29 is 23.9 Å². The molecule has 1 aromatic carbocycles. The molecule has 3 N–H and O–H groups in total. The van der Waals surface area contributed by atoms with E-state index >= 15 is 0 Å². The van der Waals surface area contributed by atoms with Crippen LogP contribution in [0.3, 0.4) is 0 Å². The van der Waals surface area contributed by atoms with Gasteiger partial charge in [0.2, 0.25) is 5.91 Å². The summed E-state index contributed by atoms with van der Waals surface area (Å²) in [5.74, 6) is -0.479. The zero-order valence-corrected chi connectivity index (χ0v) is 24.4. The van der Waals surface area contributed by atoms with Gasteiger partial charge in [0.1, 0.15) is 16.6 Å². The van der Waals surface area contributed by atoms with Crippen molar-refractivity contribution in [3.8, 4) is 5.75 Å². The summed E-state index contributed by atoms with van der Waals surface area (Å²) in [6, 6.07) is 5.04. The highest BCUT2D eigenvalue weighted by molar-refractivity contribution is 7.99. The third-order valence-corrected chi connectivity index (χ3v) is 7.96. The molecule has 0 aliphatic heterocycles. The summed E-state index contributed by atoms with van der Waals surface area (Å²) < 4.78 is 12.7. The number of allylic oxidation sites excluding steroid dienone is 1. The van der Waals surface area contributed by atoms with Crippen molar-refractivity contribution in [2.75, 3.05) is 24.3 Å². The molecule has 0 atom stereocenters. The van der Waals surface area contributed by atoms with E-state index in [-0.39, 0.29) is 27.8 Å². The van der Waals surface area contributed by atoms with E-state index < -0.39 is 17.8 Å². The van der Waals surface area contributed by atoms with Crippen LogP contribution in [0, 0.1) is 6.92 Å². The van der Waals surface area contributed by atoms with Crippen LogP contribution in [0.25, 0.3) is 0 Å². The number of nitrogens with two attached hydrogens (primary N) is 1. The molecular formula is C25H27Cl2N5O5S2. The summed E-state index contributed by atoms with van der Waals surface area (Å²) in [5.41, 5.74) is 5.91. The number of hydrogen-bond donors (Lipinski definition) is 2. The Labute approximate surface area is 243 Å². The van der Waals surface area contributed by atoms with E-state index in [4.69, 9.17) is 38.4 Å². The first kappa shape index (κ1) is 30.5. The van der Waals surface area contributed by atoms with Crippen LogP contribution >= 0.6 is 46.3 Å². The van der Waals surface area contributed by atoms with E-state index in [1.165, 1.54) is 11.8 Å². The van der Waals surface area contributed by atoms with Crippen molar-refractivity contribution in [3.63, 3.8) is 0 Å². The van der Waals surface area contributed by atoms with Crippen LogP contribution in [0.1, 0.15) is 44.8 Å². The minimum Gasteiger partial charge on any atom is -0.492 e. The number of halogens is 2. The molecular weight excluding hydrogens is 585 g/mol. The minimum absolute atomic E-state index is 0.0153. The van der Waals surface area contributed by atoms with Crippen LogP contribution < -0.4 is 15.8 Å². The molecule has 0 fully saturated rings. The van der Waals surface area contributed by atoms with Gasteiger partial charge in [-0.2, -0.15) is 0 Å². The van der Waals surface area contributed by atoms with Crippen LogP contribution in [0.4, 0.5) is 5.00 Å². The number of thioether (sulfide) groups is 1. The lowest BCUT2D eigenvalue weighted by Crippen LogP contribution is -2.17. The normalized spacial score (nSPS) is 10.8. The highest BCUT2D eigenvalue weighted by Gasteiger charge is 2.26. The molecule has 2 heterocycles. The van der Waals surface area contributed by atoms with Gasteiger partial charge in [-0.25, -0.2) is 4.79 Å². The Morgan fingerprint density at radius 3 is 2.72 bits per heavy atom. The maximum atomic E-state index is 12.8. The Hall–Kier alpha value is -3.06. The number of nitrogens with one attached hydrogen (secondary N) is 1. The predicted molar refractivity (Wildman–Crippen MR) is 153 cm³/mol. The summed E-state index contributed by atoms with van der Waals surface area (Å²) >= 11 is 14.2. The molecule has 3 rings (SSSR count). The fourth-order valence-electron chi connectivity index (χ4n) is 3.51. The Bertz CT molecular complexity index is 1380. The fraction of sp³-hybridized carbons (Fsp3) is 0.320. The molecule has 0 saturated heterocycles. The van der Waals surface area contributed by atoms with Crippen LogP contribution in [0.15, 0.2) is 36.0 Å². The number of rotatable bonds is 14. The van der Waals surface area contributed by atoms with Gasteiger partial charge >= 0.3 is 5.97 Å². The molecule has 208 valence electrons. The standard InChI is InChI=1S/C25H27Cl2N5O5S2/c1-4-10-32-18(7-6-11-37-17-9-8-15(26)12-16(17)27)30-31-25(32)38-13-19(33)29-23-20(24(35)36-5-2)14(3)21(39-23)22(28)34/h4,8-9,12H,1,5-7,10-11,13H2,2-3H3,(H2,28,34)(H,29,33). The number of hydrogen-bond acceptors (Lipinski definition) is 9. The molecule has 2 amide bonds. The number of carbonyl (C=O) groups excluding carboxylic acids is 3. The summed E-state index contributed by atoms with van der Waals surface area (Å²) in [5, 5.41) is 12.9. The largest absolute Gasteiger partial charge is 0.492 e.